The molecule has 0 N–H and O–H groups in total. The fraction of sp³-hybridized carbons (Fsp3) is 0.667. The first-order chi connectivity index (χ1) is 10.2. The Morgan fingerprint density at radius 3 is 1.73 bits per heavy atom. The van der Waals surface area contributed by atoms with Gasteiger partial charge < -0.3 is 19.8 Å². The van der Waals surface area contributed by atoms with E-state index < -0.39 is 17.4 Å². The van der Waals surface area contributed by atoms with Crippen LogP contribution < -0.4 is 10.2 Å². The minimum absolute atomic E-state index is 0.0916. The van der Waals surface area contributed by atoms with Gasteiger partial charge in [0.15, 0.2) is 0 Å². The molecule has 4 nitrogen and oxygen atoms in total. The van der Waals surface area contributed by atoms with Gasteiger partial charge in [0, 0.05) is 17.4 Å². The zero-order valence-electron chi connectivity index (χ0n) is 13.9. The Bertz CT molecular complexity index is 393. The molecule has 0 amide bonds. The van der Waals surface area contributed by atoms with Gasteiger partial charge in [0.05, 0.1) is 0 Å². The van der Waals surface area contributed by atoms with Crippen LogP contribution >= 0.6 is 0 Å². The Kier molecular flexibility index (Phi) is 9.46. The van der Waals surface area contributed by atoms with Gasteiger partial charge in [-0.2, -0.15) is 0 Å². The van der Waals surface area contributed by atoms with Crippen LogP contribution in [0, 0.1) is 5.41 Å². The fourth-order valence-corrected chi connectivity index (χ4v) is 2.90. The van der Waals surface area contributed by atoms with Gasteiger partial charge in [0.1, 0.15) is 0 Å². The van der Waals surface area contributed by atoms with E-state index in [0.29, 0.717) is 25.7 Å². The second-order valence-corrected chi connectivity index (χ2v) is 6.48. The predicted molar refractivity (Wildman–Crippen MR) is 83.6 cm³/mol. The van der Waals surface area contributed by atoms with Crippen molar-refractivity contribution in [1.82, 2.24) is 0 Å². The van der Waals surface area contributed by atoms with Crippen LogP contribution in [-0.4, -0.2) is 11.9 Å². The Balaban J connectivity index is 4.40. The van der Waals surface area contributed by atoms with Gasteiger partial charge in [-0.05, 0) is 46.0 Å². The number of carboxylic acids is 2. The molecule has 0 fully saturated rings. The van der Waals surface area contributed by atoms with Crippen molar-refractivity contribution < 1.29 is 19.8 Å². The molecule has 0 saturated heterocycles. The highest BCUT2D eigenvalue weighted by atomic mass is 16.4. The fourth-order valence-electron chi connectivity index (χ4n) is 2.90. The number of carbonyl (C=O) groups is 2. The summed E-state index contributed by atoms with van der Waals surface area (Å²) in [6.45, 7) is 11.3. The molecule has 0 aromatic carbocycles. The van der Waals surface area contributed by atoms with E-state index in [1.165, 1.54) is 0 Å². The molecule has 126 valence electrons. The molecular weight excluding hydrogens is 280 g/mol. The zero-order chi connectivity index (χ0) is 17.2. The average Bonchev–Trinajstić information content (AvgIpc) is 2.35. The number of carboxylic acid groups (broad SMARTS) is 2. The average molecular weight is 308 g/mol. The van der Waals surface area contributed by atoms with Crippen molar-refractivity contribution in [3.63, 3.8) is 0 Å². The van der Waals surface area contributed by atoms with Crippen LogP contribution in [0.5, 0.6) is 0 Å². The van der Waals surface area contributed by atoms with Crippen molar-refractivity contribution >= 4 is 11.9 Å². The number of carbonyl (C=O) groups excluding carboxylic acids is 2. The Labute approximate surface area is 133 Å². The third-order valence-electron chi connectivity index (χ3n) is 3.75. The molecule has 0 aliphatic heterocycles. The van der Waals surface area contributed by atoms with Crippen molar-refractivity contribution in [3.8, 4) is 0 Å². The van der Waals surface area contributed by atoms with E-state index in [2.05, 4.69) is 13.2 Å². The molecule has 0 atom stereocenters. The maximum absolute atomic E-state index is 11.7. The molecule has 0 unspecified atom stereocenters. The van der Waals surface area contributed by atoms with Gasteiger partial charge in [0.2, 0.25) is 0 Å². The van der Waals surface area contributed by atoms with Crippen LogP contribution in [0.25, 0.3) is 0 Å². The third-order valence-corrected chi connectivity index (χ3v) is 3.75. The highest BCUT2D eigenvalue weighted by Gasteiger charge is 2.31. The third kappa shape index (κ3) is 8.65. The first-order valence-electron chi connectivity index (χ1n) is 7.89. The lowest BCUT2D eigenvalue weighted by molar-refractivity contribution is -0.320. The SMILES string of the molecule is C=C(C)CC(CCCCCCCC(=O)[O-])(CC(=C)C)C(=O)[O-]. The van der Waals surface area contributed by atoms with E-state index in [1.54, 1.807) is 0 Å². The summed E-state index contributed by atoms with van der Waals surface area (Å²) in [6, 6.07) is 0. The molecule has 0 aliphatic carbocycles. The maximum Gasteiger partial charge on any atom is 0.0482 e. The quantitative estimate of drug-likeness (QED) is 0.385. The molecule has 22 heavy (non-hydrogen) atoms. The monoisotopic (exact) mass is 308 g/mol. The lowest BCUT2D eigenvalue weighted by atomic mass is 9.73. The molecule has 0 aromatic heterocycles. The maximum atomic E-state index is 11.7. The van der Waals surface area contributed by atoms with Crippen LogP contribution in [0.4, 0.5) is 0 Å². The summed E-state index contributed by atoms with van der Waals surface area (Å²) in [5, 5.41) is 22.0. The highest BCUT2D eigenvalue weighted by Crippen LogP contribution is 2.37. The summed E-state index contributed by atoms with van der Waals surface area (Å²) in [4.78, 5) is 22.0. The van der Waals surface area contributed by atoms with E-state index in [9.17, 15) is 19.8 Å². The number of rotatable bonds is 13. The molecule has 0 saturated carbocycles. The molecule has 0 bridgehead atoms. The molecule has 4 heteroatoms. The standard InChI is InChI=1S/C18H30O4/c1-14(2)12-18(17(21)22,13-15(3)4)11-9-7-5-6-8-10-16(19)20/h1,3,5-13H2,2,4H3,(H,19,20)(H,21,22)/p-2. The van der Waals surface area contributed by atoms with Gasteiger partial charge in [-0.25, -0.2) is 0 Å². The van der Waals surface area contributed by atoms with Crippen molar-refractivity contribution in [2.24, 2.45) is 5.41 Å². The van der Waals surface area contributed by atoms with E-state index in [-0.39, 0.29) is 6.42 Å². The molecule has 0 aromatic rings. The van der Waals surface area contributed by atoms with Crippen LogP contribution in [0.15, 0.2) is 24.3 Å². The highest BCUT2D eigenvalue weighted by molar-refractivity contribution is 5.73. The Morgan fingerprint density at radius 2 is 1.32 bits per heavy atom. The Morgan fingerprint density at radius 1 is 0.864 bits per heavy atom. The summed E-state index contributed by atoms with van der Waals surface area (Å²) < 4.78 is 0. The lowest BCUT2D eigenvalue weighted by Gasteiger charge is -2.36. The van der Waals surface area contributed by atoms with Crippen molar-refractivity contribution in [3.05, 3.63) is 24.3 Å². The van der Waals surface area contributed by atoms with Gasteiger partial charge in [-0.1, -0.05) is 36.8 Å². The number of allylic oxidation sites excluding steroid dienone is 2. The van der Waals surface area contributed by atoms with Crippen LogP contribution in [0.2, 0.25) is 0 Å². The Hall–Kier alpha value is -1.58. The summed E-state index contributed by atoms with van der Waals surface area (Å²) in [5.41, 5.74) is 0.752. The molecule has 0 radical (unpaired) electrons. The van der Waals surface area contributed by atoms with Crippen molar-refractivity contribution in [1.29, 1.82) is 0 Å². The minimum Gasteiger partial charge on any atom is -0.550 e. The minimum atomic E-state index is -1.03. The second-order valence-electron chi connectivity index (χ2n) is 6.48. The van der Waals surface area contributed by atoms with Gasteiger partial charge in [0.25, 0.3) is 0 Å². The zero-order valence-corrected chi connectivity index (χ0v) is 13.9. The van der Waals surface area contributed by atoms with Crippen LogP contribution in [0.1, 0.15) is 71.6 Å². The van der Waals surface area contributed by atoms with E-state index >= 15 is 0 Å². The summed E-state index contributed by atoms with van der Waals surface area (Å²) >= 11 is 0. The number of hydrogen-bond acceptors (Lipinski definition) is 4. The number of unbranched alkanes of at least 4 members (excludes halogenated alkanes) is 4. The van der Waals surface area contributed by atoms with E-state index in [1.807, 2.05) is 13.8 Å². The number of aliphatic carboxylic acids is 2. The molecule has 0 spiro atoms. The van der Waals surface area contributed by atoms with Gasteiger partial charge >= 0.3 is 0 Å². The van der Waals surface area contributed by atoms with Crippen molar-refractivity contribution in [2.45, 2.75) is 71.6 Å². The summed E-state index contributed by atoms with van der Waals surface area (Å²) in [7, 11) is 0. The van der Waals surface area contributed by atoms with Crippen molar-refractivity contribution in [2.75, 3.05) is 0 Å². The first kappa shape index (κ1) is 20.4. The number of hydrogen-bond donors (Lipinski definition) is 0. The van der Waals surface area contributed by atoms with Crippen LogP contribution in [-0.2, 0) is 9.59 Å². The lowest BCUT2D eigenvalue weighted by Crippen LogP contribution is -2.42. The second kappa shape index (κ2) is 10.2. The molecule has 0 heterocycles. The normalized spacial score (nSPS) is 11.2. The largest absolute Gasteiger partial charge is 0.550 e. The van der Waals surface area contributed by atoms with E-state index in [4.69, 9.17) is 0 Å². The van der Waals surface area contributed by atoms with Gasteiger partial charge in [-0.15, -0.1) is 13.2 Å². The van der Waals surface area contributed by atoms with Crippen LogP contribution in [0.3, 0.4) is 0 Å². The molecule has 0 aliphatic rings. The first-order valence-corrected chi connectivity index (χ1v) is 7.89. The summed E-state index contributed by atoms with van der Waals surface area (Å²) in [6.07, 6.45) is 5.45. The smallest absolute Gasteiger partial charge is 0.0482 e. The topological polar surface area (TPSA) is 80.3 Å². The van der Waals surface area contributed by atoms with Gasteiger partial charge in [-0.3, -0.25) is 0 Å². The predicted octanol–water partition coefficient (Wildman–Crippen LogP) is 2.14. The molecule has 0 rings (SSSR count). The summed E-state index contributed by atoms with van der Waals surface area (Å²) in [5.74, 6) is -2.05. The van der Waals surface area contributed by atoms with E-state index in [0.717, 1.165) is 36.8 Å². The molecular formula is C18H28O4-2.